The first-order valence-corrected chi connectivity index (χ1v) is 17.6. The summed E-state index contributed by atoms with van der Waals surface area (Å²) < 4.78 is 36.0. The van der Waals surface area contributed by atoms with Crippen LogP contribution in [0.25, 0.3) is 0 Å². The molecule has 0 aliphatic heterocycles. The van der Waals surface area contributed by atoms with Gasteiger partial charge in [-0.05, 0) is 76.5 Å². The largest absolute Gasteiger partial charge is 0.398 e. The first kappa shape index (κ1) is 40.8. The van der Waals surface area contributed by atoms with Crippen LogP contribution < -0.4 is 0 Å². The minimum Gasteiger partial charge on any atom is -0.390 e. The average Bonchev–Trinajstić information content (AvgIpc) is 2.95. The topological polar surface area (TPSA) is 121 Å². The van der Waals surface area contributed by atoms with Crippen LogP contribution in [0, 0.1) is 10.8 Å². The number of rotatable bonds is 12. The smallest absolute Gasteiger partial charge is 0.390 e. The van der Waals surface area contributed by atoms with Crippen LogP contribution in [0.15, 0.2) is 130 Å². The number of hydrogen-bond donors (Lipinski definition) is 3. The number of allylic oxidation sites excluding steroid dienone is 19. The van der Waals surface area contributed by atoms with Crippen LogP contribution >= 0.6 is 0 Å². The van der Waals surface area contributed by atoms with Crippen molar-refractivity contribution in [2.24, 2.45) is 10.8 Å². The molecular formula is C40H54O7S. The Morgan fingerprint density at radius 2 is 1.19 bits per heavy atom. The van der Waals surface area contributed by atoms with Crippen molar-refractivity contribution in [3.63, 3.8) is 0 Å². The highest BCUT2D eigenvalue weighted by Gasteiger charge is 2.41. The summed E-state index contributed by atoms with van der Waals surface area (Å²) in [4.78, 5) is 12.7. The minimum atomic E-state index is -4.73. The molecule has 2 aliphatic rings. The van der Waals surface area contributed by atoms with E-state index in [2.05, 4.69) is 10.3 Å². The molecule has 0 heterocycles. The molecule has 2 aliphatic carbocycles. The van der Waals surface area contributed by atoms with E-state index in [1.807, 2.05) is 141 Å². The summed E-state index contributed by atoms with van der Waals surface area (Å²) in [5, 5.41) is 20.6. The molecule has 0 saturated heterocycles. The molecule has 262 valence electrons. The van der Waals surface area contributed by atoms with Crippen molar-refractivity contribution in [3.05, 3.63) is 130 Å². The van der Waals surface area contributed by atoms with Crippen LogP contribution in [0.2, 0.25) is 0 Å². The van der Waals surface area contributed by atoms with Gasteiger partial charge >= 0.3 is 10.4 Å². The average molecular weight is 679 g/mol. The second kappa shape index (κ2) is 17.3. The molecule has 0 spiro atoms. The van der Waals surface area contributed by atoms with Crippen molar-refractivity contribution in [2.75, 3.05) is 0 Å². The van der Waals surface area contributed by atoms with Crippen molar-refractivity contribution < 1.29 is 32.2 Å². The summed E-state index contributed by atoms with van der Waals surface area (Å²) in [6.07, 6.45) is 25.8. The highest BCUT2D eigenvalue weighted by Crippen LogP contribution is 2.42. The van der Waals surface area contributed by atoms with E-state index in [1.54, 1.807) is 6.92 Å². The molecular weight excluding hydrogens is 625 g/mol. The third-order valence-electron chi connectivity index (χ3n) is 8.79. The number of aliphatic hydroxyl groups is 2. The van der Waals surface area contributed by atoms with E-state index >= 15 is 0 Å². The lowest BCUT2D eigenvalue weighted by Crippen LogP contribution is -2.44. The van der Waals surface area contributed by atoms with Gasteiger partial charge in [0.1, 0.15) is 6.10 Å². The maximum Gasteiger partial charge on any atom is 0.398 e. The highest BCUT2D eigenvalue weighted by atomic mass is 32.3. The van der Waals surface area contributed by atoms with Crippen molar-refractivity contribution in [1.29, 1.82) is 0 Å². The van der Waals surface area contributed by atoms with Crippen molar-refractivity contribution in [2.45, 2.75) is 100 Å². The molecule has 0 saturated carbocycles. The highest BCUT2D eigenvalue weighted by molar-refractivity contribution is 7.80. The molecule has 0 aromatic rings. The molecule has 0 aromatic heterocycles. The SMILES string of the molecule is CC1=C(/C=C/C(C)=C/C=C/C(C)=C/C=C/C=C(C)/C=C/C=C(C)/C=C/C2=C(C)C(=O)[C@@H](OS(=O)(=O)O)CC2(C)C)C(C)(C)[C@@H](O)[C@H](O)C1. The molecule has 48 heavy (non-hydrogen) atoms. The van der Waals surface area contributed by atoms with Crippen LogP contribution in [-0.4, -0.2) is 47.3 Å². The van der Waals surface area contributed by atoms with Gasteiger partial charge in [-0.25, -0.2) is 4.18 Å². The van der Waals surface area contributed by atoms with E-state index in [1.165, 1.54) is 0 Å². The van der Waals surface area contributed by atoms with Gasteiger partial charge < -0.3 is 10.2 Å². The Balaban J connectivity index is 1.97. The van der Waals surface area contributed by atoms with E-state index in [-0.39, 0.29) is 6.42 Å². The number of hydrogen-bond acceptors (Lipinski definition) is 6. The van der Waals surface area contributed by atoms with Crippen LogP contribution in [0.3, 0.4) is 0 Å². The maximum absolute atomic E-state index is 12.7. The monoisotopic (exact) mass is 678 g/mol. The molecule has 3 N–H and O–H groups in total. The van der Waals surface area contributed by atoms with Gasteiger partial charge in [0.15, 0.2) is 5.78 Å². The zero-order chi connectivity index (χ0) is 36.4. The first-order chi connectivity index (χ1) is 22.2. The predicted octanol–water partition coefficient (Wildman–Crippen LogP) is 8.52. The fourth-order valence-electron chi connectivity index (χ4n) is 5.98. The minimum absolute atomic E-state index is 0.139. The van der Waals surface area contributed by atoms with Crippen molar-refractivity contribution in [1.82, 2.24) is 0 Å². The fraction of sp³-hybridized carbons (Fsp3) is 0.425. The molecule has 8 heteroatoms. The molecule has 0 radical (unpaired) electrons. The molecule has 7 nitrogen and oxygen atoms in total. The van der Waals surface area contributed by atoms with Gasteiger partial charge in [0.2, 0.25) is 0 Å². The Bertz CT molecular complexity index is 1660. The molecule has 0 unspecified atom stereocenters. The molecule has 3 atom stereocenters. The predicted molar refractivity (Wildman–Crippen MR) is 196 cm³/mol. The molecule has 0 fully saturated rings. The summed E-state index contributed by atoms with van der Waals surface area (Å²) >= 11 is 0. The van der Waals surface area contributed by atoms with Gasteiger partial charge in [-0.15, -0.1) is 0 Å². The quantitative estimate of drug-likeness (QED) is 0.140. The zero-order valence-corrected chi connectivity index (χ0v) is 30.9. The van der Waals surface area contributed by atoms with Crippen molar-refractivity contribution in [3.8, 4) is 0 Å². The van der Waals surface area contributed by atoms with Gasteiger partial charge in [-0.1, -0.05) is 141 Å². The van der Waals surface area contributed by atoms with E-state index in [4.69, 9.17) is 4.55 Å². The lowest BCUT2D eigenvalue weighted by molar-refractivity contribution is -0.124. The normalized spacial score (nSPS) is 25.4. The van der Waals surface area contributed by atoms with Gasteiger partial charge in [-0.2, -0.15) is 8.42 Å². The van der Waals surface area contributed by atoms with E-state index in [9.17, 15) is 23.4 Å². The number of carbonyl (C=O) groups excluding carboxylic acids is 1. The summed E-state index contributed by atoms with van der Waals surface area (Å²) in [5.74, 6) is -0.448. The van der Waals surface area contributed by atoms with Gasteiger partial charge in [0, 0.05) is 5.41 Å². The van der Waals surface area contributed by atoms with E-state index in [0.29, 0.717) is 12.0 Å². The Kier molecular flexibility index (Phi) is 14.7. The molecule has 0 amide bonds. The maximum atomic E-state index is 12.7. The molecule has 2 rings (SSSR count). The third kappa shape index (κ3) is 12.2. The number of aliphatic hydroxyl groups excluding tert-OH is 2. The molecule has 0 aromatic carbocycles. The summed E-state index contributed by atoms with van der Waals surface area (Å²) in [6.45, 7) is 19.5. The van der Waals surface area contributed by atoms with Crippen LogP contribution in [-0.2, 0) is 19.4 Å². The zero-order valence-electron chi connectivity index (χ0n) is 30.1. The number of ketones is 1. The summed E-state index contributed by atoms with van der Waals surface area (Å²) in [5.41, 5.74) is 6.59. The summed E-state index contributed by atoms with van der Waals surface area (Å²) in [6, 6.07) is 0. The lowest BCUT2D eigenvalue weighted by atomic mass is 9.69. The fourth-order valence-corrected chi connectivity index (χ4v) is 6.42. The van der Waals surface area contributed by atoms with E-state index < -0.39 is 45.3 Å². The van der Waals surface area contributed by atoms with Gasteiger partial charge in [-0.3, -0.25) is 9.35 Å². The van der Waals surface area contributed by atoms with Crippen LogP contribution in [0.5, 0.6) is 0 Å². The summed E-state index contributed by atoms with van der Waals surface area (Å²) in [7, 11) is -4.73. The third-order valence-corrected chi connectivity index (χ3v) is 9.27. The van der Waals surface area contributed by atoms with Crippen LogP contribution in [0.1, 0.15) is 82.1 Å². The van der Waals surface area contributed by atoms with Gasteiger partial charge in [0.05, 0.1) is 12.2 Å². The van der Waals surface area contributed by atoms with Crippen LogP contribution in [0.4, 0.5) is 0 Å². The second-order valence-corrected chi connectivity index (χ2v) is 15.1. The standard InChI is InChI=1S/C40H54O7S/c1-27(17-13-19-29(3)21-23-33-31(5)25-35(41)38(43)40(33,9)10)15-11-12-16-28(2)18-14-20-30(4)22-24-34-32(6)37(42)36(26-39(34,7)8)47-48(44,45)46/h11-24,35-36,38,41,43H,25-26H2,1-10H3,(H,44,45,46)/b12-11+,17-13+,18-14+,23-21+,24-22+,27-15+,28-16+,29-19+,30-20+/t35-,36+,38+/m1/s1. The Labute approximate surface area is 288 Å². The Morgan fingerprint density at radius 3 is 1.67 bits per heavy atom. The lowest BCUT2D eigenvalue weighted by Gasteiger charge is -2.40. The van der Waals surface area contributed by atoms with E-state index in [0.717, 1.165) is 39.0 Å². The number of carbonyl (C=O) groups is 1. The Hall–Kier alpha value is -3.40. The van der Waals surface area contributed by atoms with Gasteiger partial charge in [0.25, 0.3) is 0 Å². The number of Topliss-reactive ketones (excluding diaryl/α,β-unsaturated/α-hetero) is 1. The van der Waals surface area contributed by atoms with Crippen molar-refractivity contribution >= 4 is 16.2 Å². The first-order valence-electron chi connectivity index (χ1n) is 16.2. The molecule has 0 bridgehead atoms. The second-order valence-electron chi connectivity index (χ2n) is 14.0. The Morgan fingerprint density at radius 1 is 0.750 bits per heavy atom.